The van der Waals surface area contributed by atoms with Gasteiger partial charge in [-0.05, 0) is 45.0 Å². The van der Waals surface area contributed by atoms with Crippen LogP contribution in [-0.2, 0) is 139 Å². The Kier molecular flexibility index (Phi) is 37.6. The van der Waals surface area contributed by atoms with Gasteiger partial charge in [0.1, 0.15) is 77.8 Å². The fourth-order valence-corrected chi connectivity index (χ4v) is 8.23. The van der Waals surface area contributed by atoms with Crippen molar-refractivity contribution < 1.29 is 135 Å². The van der Waals surface area contributed by atoms with E-state index in [-0.39, 0.29) is 113 Å². The highest BCUT2D eigenvalue weighted by Gasteiger charge is 2.32. The second-order valence-electron chi connectivity index (χ2n) is 23.5. The molecule has 6 atom stereocenters. The van der Waals surface area contributed by atoms with Crippen molar-refractivity contribution >= 4 is 65.7 Å². The first kappa shape index (κ1) is 88.8. The molecular formula is C68H84N6O34. The van der Waals surface area contributed by atoms with Gasteiger partial charge in [-0.2, -0.15) is 0 Å². The molecule has 590 valence electrons. The maximum atomic E-state index is 13.5. The van der Waals surface area contributed by atoms with Gasteiger partial charge < -0.3 is 82.4 Å². The number of rotatable bonds is 41. The third kappa shape index (κ3) is 33.7. The third-order valence-electron chi connectivity index (χ3n) is 14.0. The number of carboxylic acid groups (broad SMARTS) is 2. The Hall–Kier alpha value is -11.6. The average Bonchev–Trinajstić information content (AvgIpc) is 1.36. The molecule has 40 nitrogen and oxygen atoms in total. The molecule has 40 heteroatoms. The quantitative estimate of drug-likeness (QED) is 0.00996. The summed E-state index contributed by atoms with van der Waals surface area (Å²) in [6.45, 7) is 10.3. The van der Waals surface area contributed by atoms with Crippen molar-refractivity contribution in [3.63, 3.8) is 0 Å². The molecule has 7 rings (SSSR count). The van der Waals surface area contributed by atoms with Crippen LogP contribution < -0.4 is 34.1 Å². The normalized spacial score (nSPS) is 14.8. The van der Waals surface area contributed by atoms with E-state index in [0.717, 1.165) is 13.7 Å². The van der Waals surface area contributed by atoms with Crippen LogP contribution in [0.1, 0.15) is 80.0 Å². The van der Waals surface area contributed by atoms with Crippen LogP contribution in [0, 0.1) is 0 Å². The van der Waals surface area contributed by atoms with Crippen LogP contribution in [0.4, 0.5) is 0 Å². The number of aliphatic carboxylic acids is 1. The van der Waals surface area contributed by atoms with Crippen molar-refractivity contribution in [2.24, 2.45) is 0 Å². The molecule has 0 radical (unpaired) electrons. The zero-order valence-electron chi connectivity index (χ0n) is 59.1. The van der Waals surface area contributed by atoms with Gasteiger partial charge in [0.15, 0.2) is 0 Å². The third-order valence-corrected chi connectivity index (χ3v) is 14.0. The minimum atomic E-state index is -1.78. The van der Waals surface area contributed by atoms with Crippen LogP contribution in [0.25, 0.3) is 0 Å². The Morgan fingerprint density at radius 1 is 0.380 bits per heavy atom. The summed E-state index contributed by atoms with van der Waals surface area (Å²) in [6, 6.07) is 15.9. The van der Waals surface area contributed by atoms with Crippen molar-refractivity contribution in [3.05, 3.63) is 171 Å². The van der Waals surface area contributed by atoms with E-state index in [1.807, 2.05) is 0 Å². The maximum absolute atomic E-state index is 13.5. The molecule has 0 saturated carbocycles. The van der Waals surface area contributed by atoms with E-state index in [0.29, 0.717) is 39.1 Å². The number of hydrogen-bond donors (Lipinski definition) is 5. The number of hydrogen-bond acceptors (Lipinski definition) is 32. The number of aromatic carboxylic acids is 1. The Labute approximate surface area is 611 Å². The van der Waals surface area contributed by atoms with Crippen LogP contribution in [0.3, 0.4) is 0 Å². The van der Waals surface area contributed by atoms with E-state index in [2.05, 4.69) is 29.2 Å². The summed E-state index contributed by atoms with van der Waals surface area (Å²) in [7, 11) is 0. The van der Waals surface area contributed by atoms with Gasteiger partial charge in [0.05, 0.1) is 127 Å². The van der Waals surface area contributed by atoms with Crippen molar-refractivity contribution in [3.8, 4) is 0 Å². The molecule has 4 aromatic rings. The van der Waals surface area contributed by atoms with Gasteiger partial charge in [-0.15, -0.1) is 0 Å². The summed E-state index contributed by atoms with van der Waals surface area (Å²) >= 11 is 0. The highest BCUT2D eigenvalue weighted by Crippen LogP contribution is 2.13. The summed E-state index contributed by atoms with van der Waals surface area (Å²) < 4.78 is 62.9. The van der Waals surface area contributed by atoms with Crippen molar-refractivity contribution in [2.75, 3.05) is 79.3 Å². The highest BCUT2D eigenvalue weighted by molar-refractivity contribution is 5.90. The number of carbonyl (C=O) groups excluding carboxylic acids is 9. The van der Waals surface area contributed by atoms with E-state index < -0.39 is 183 Å². The molecule has 0 spiro atoms. The molecule has 6 unspecified atom stereocenters. The van der Waals surface area contributed by atoms with E-state index in [1.165, 1.54) is 32.9 Å². The number of benzene rings is 2. The molecule has 3 aliphatic heterocycles. The Bertz CT molecular complexity index is 3970. The van der Waals surface area contributed by atoms with Crippen molar-refractivity contribution in [1.29, 1.82) is 0 Å². The fraction of sp³-hybridized carbons (Fsp3) is 0.485. The molecule has 108 heavy (non-hydrogen) atoms. The van der Waals surface area contributed by atoms with Crippen LogP contribution in [-0.4, -0.2) is 235 Å². The fourth-order valence-electron chi connectivity index (χ4n) is 8.23. The average molecular weight is 1530 g/mol. The van der Waals surface area contributed by atoms with E-state index in [9.17, 15) is 96.8 Å². The standard InChI is InChI=1S/C39H49N3O20.C12H15N3O6.C10H14O6.C7H6O2/c1-24(2)34(50)58-16-14-56-30(46)10-12-32(48)60-21-27(43)18-40-37(53)41(19-28(44)22-61-33(49)13-11-31(47)57-15-17-59-35(51)25(3)4)39(55)42(38(40)54)20-29(45)23-62-36(52)26-8-6-5-7-9-26;16-10-13(1-7-4-19-7)11(17)15(3-9-6-21-9)12(18)14(10)2-8-5-20-8;1-7(2)10(14)16-6-5-15-9(13)4-3-8(11)12;8-7(9)6-4-2-1-3-5-6/h5-9,27-29,43-45H,1,3,10-23H2,2,4H3;7-9H,1-6H2;1,3-6H2,2H3,(H,11,12);1-5H,(H,8,9). The van der Waals surface area contributed by atoms with Gasteiger partial charge in [0, 0.05) is 16.7 Å². The number of nitrogens with zero attached hydrogens (tertiary/aromatic N) is 6. The zero-order valence-corrected chi connectivity index (χ0v) is 59.1. The molecule has 3 fully saturated rings. The van der Waals surface area contributed by atoms with Crippen molar-refractivity contribution in [2.45, 2.75) is 135 Å². The second kappa shape index (κ2) is 45.7. The van der Waals surface area contributed by atoms with Crippen LogP contribution >= 0.6 is 0 Å². The largest absolute Gasteiger partial charge is 0.481 e. The van der Waals surface area contributed by atoms with E-state index in [1.54, 1.807) is 48.5 Å². The molecule has 0 bridgehead atoms. The number of carboxylic acids is 2. The maximum Gasteiger partial charge on any atom is 0.338 e. The first-order valence-corrected chi connectivity index (χ1v) is 32.9. The lowest BCUT2D eigenvalue weighted by Crippen LogP contribution is -2.57. The van der Waals surface area contributed by atoms with Crippen molar-refractivity contribution in [1.82, 2.24) is 27.4 Å². The van der Waals surface area contributed by atoms with Crippen LogP contribution in [0.5, 0.6) is 0 Å². The summed E-state index contributed by atoms with van der Waals surface area (Å²) in [5.74, 6) is -9.00. The summed E-state index contributed by atoms with van der Waals surface area (Å²) in [4.78, 5) is 203. The molecule has 0 aliphatic carbocycles. The van der Waals surface area contributed by atoms with Crippen LogP contribution in [0.15, 0.2) is 126 Å². The number of esters is 9. The Balaban J connectivity index is 0.000000422. The number of carbonyl (C=O) groups is 11. The minimum absolute atomic E-state index is 0.0650. The predicted molar refractivity (Wildman–Crippen MR) is 363 cm³/mol. The SMILES string of the molecule is C=C(C)C(=O)OCCOC(=O)CCC(=O)O.C=C(C)C(=O)OCCOC(=O)CCC(=O)OCC(O)Cn1c(=O)n(CC(O)COC(=O)CCC(=O)OCCOC(=O)C(=C)C)c(=O)n(CC(O)COC(=O)c2ccccc2)c1=O.O=C(O)c1ccccc1.O=c1n(CC2CO2)c(=O)n(CC2CO2)c(=O)n1CC1CO1. The second-order valence-corrected chi connectivity index (χ2v) is 23.5. The number of epoxide rings is 3. The van der Waals surface area contributed by atoms with Gasteiger partial charge in [0.25, 0.3) is 0 Å². The Morgan fingerprint density at radius 3 is 0.889 bits per heavy atom. The minimum Gasteiger partial charge on any atom is -0.481 e. The number of aromatic nitrogens is 6. The predicted octanol–water partition coefficient (Wildman–Crippen LogP) is -2.65. The summed E-state index contributed by atoms with van der Waals surface area (Å²) in [6.07, 6.45) is -8.03. The lowest BCUT2D eigenvalue weighted by atomic mass is 10.2. The topological polar surface area (TPSA) is 542 Å². The van der Waals surface area contributed by atoms with Gasteiger partial charge in [-0.25, -0.2) is 80.1 Å². The molecule has 2 aromatic heterocycles. The lowest BCUT2D eigenvalue weighted by Gasteiger charge is -2.19. The molecule has 3 aliphatic rings. The molecule has 5 heterocycles. The van der Waals surface area contributed by atoms with Gasteiger partial charge in [-0.1, -0.05) is 56.1 Å². The summed E-state index contributed by atoms with van der Waals surface area (Å²) in [5, 5.41) is 48.6. The number of ether oxygens (including phenoxy) is 12. The number of aliphatic hydroxyl groups excluding tert-OH is 3. The van der Waals surface area contributed by atoms with Gasteiger partial charge in [0.2, 0.25) is 0 Å². The molecule has 5 N–H and O–H groups in total. The number of aliphatic hydroxyl groups is 3. The van der Waals surface area contributed by atoms with Gasteiger partial charge in [-0.3, -0.25) is 28.8 Å². The van der Waals surface area contributed by atoms with Crippen LogP contribution in [0.2, 0.25) is 0 Å². The monoisotopic (exact) mass is 1530 g/mol. The first-order valence-electron chi connectivity index (χ1n) is 32.9. The summed E-state index contributed by atoms with van der Waals surface area (Å²) in [5.41, 5.74) is -4.89. The lowest BCUT2D eigenvalue weighted by molar-refractivity contribution is -0.154. The Morgan fingerprint density at radius 2 is 0.630 bits per heavy atom. The first-order chi connectivity index (χ1) is 51.2. The van der Waals surface area contributed by atoms with E-state index in [4.69, 9.17) is 57.6 Å². The molecule has 3 saturated heterocycles. The molecular weight excluding hydrogens is 1440 g/mol. The highest BCUT2D eigenvalue weighted by atomic mass is 16.6. The zero-order chi connectivity index (χ0) is 80.2. The smallest absolute Gasteiger partial charge is 0.338 e. The molecule has 0 amide bonds. The van der Waals surface area contributed by atoms with E-state index >= 15 is 0 Å². The van der Waals surface area contributed by atoms with Gasteiger partial charge >= 0.3 is 99.8 Å². The molecule has 2 aromatic carbocycles.